The average Bonchev–Trinajstić information content (AvgIpc) is 2.34. The van der Waals surface area contributed by atoms with E-state index in [-0.39, 0.29) is 19.4 Å². The molecule has 18 heavy (non-hydrogen) atoms. The van der Waals surface area contributed by atoms with E-state index in [2.05, 4.69) is 0 Å². The molecule has 0 amide bonds. The van der Waals surface area contributed by atoms with Crippen molar-refractivity contribution >= 4 is 11.9 Å². The minimum Gasteiger partial charge on any atom is -0.481 e. The molecule has 0 saturated heterocycles. The highest BCUT2D eigenvalue weighted by Gasteiger charge is 2.18. The summed E-state index contributed by atoms with van der Waals surface area (Å²) >= 11 is 0. The van der Waals surface area contributed by atoms with Crippen LogP contribution in [0.3, 0.4) is 0 Å². The van der Waals surface area contributed by atoms with E-state index in [1.807, 2.05) is 30.3 Å². The molecule has 5 nitrogen and oxygen atoms in total. The topological polar surface area (TPSA) is 83.8 Å². The Bertz CT molecular complexity index is 388. The second-order valence-corrected chi connectivity index (χ2v) is 3.97. The zero-order chi connectivity index (χ0) is 13.4. The van der Waals surface area contributed by atoms with Gasteiger partial charge in [0.1, 0.15) is 0 Å². The van der Waals surface area contributed by atoms with Crippen molar-refractivity contribution in [1.82, 2.24) is 0 Å². The van der Waals surface area contributed by atoms with Gasteiger partial charge in [-0.05, 0) is 12.0 Å². The van der Waals surface area contributed by atoms with Gasteiger partial charge >= 0.3 is 11.9 Å². The highest BCUT2D eigenvalue weighted by atomic mass is 16.5. The molecule has 1 aromatic carbocycles. The first-order valence-corrected chi connectivity index (χ1v) is 5.66. The van der Waals surface area contributed by atoms with E-state index in [9.17, 15) is 9.59 Å². The van der Waals surface area contributed by atoms with E-state index < -0.39 is 17.9 Å². The second kappa shape index (κ2) is 7.45. The lowest BCUT2D eigenvalue weighted by Gasteiger charge is -2.11. The molecule has 0 heterocycles. The summed E-state index contributed by atoms with van der Waals surface area (Å²) in [6, 6.07) is 9.39. The number of carboxylic acid groups (broad SMARTS) is 2. The van der Waals surface area contributed by atoms with Crippen molar-refractivity contribution in [2.24, 2.45) is 5.92 Å². The van der Waals surface area contributed by atoms with E-state index >= 15 is 0 Å². The molecule has 5 heteroatoms. The maximum absolute atomic E-state index is 10.9. The highest BCUT2D eigenvalue weighted by molar-refractivity contribution is 5.72. The Morgan fingerprint density at radius 3 is 2.39 bits per heavy atom. The van der Waals surface area contributed by atoms with Gasteiger partial charge in [-0.2, -0.15) is 0 Å². The molecular formula is C13H16O5. The Morgan fingerprint density at radius 2 is 1.83 bits per heavy atom. The Balaban J connectivity index is 2.34. The van der Waals surface area contributed by atoms with Crippen LogP contribution in [-0.4, -0.2) is 28.8 Å². The fourth-order valence-electron chi connectivity index (χ4n) is 1.47. The molecule has 1 aromatic rings. The van der Waals surface area contributed by atoms with Gasteiger partial charge in [0, 0.05) is 6.42 Å². The highest BCUT2D eigenvalue weighted by Crippen LogP contribution is 2.09. The summed E-state index contributed by atoms with van der Waals surface area (Å²) in [6.45, 7) is 0.356. The number of benzene rings is 1. The van der Waals surface area contributed by atoms with Crippen molar-refractivity contribution in [1.29, 1.82) is 0 Å². The van der Waals surface area contributed by atoms with Crippen LogP contribution in [0.2, 0.25) is 0 Å². The van der Waals surface area contributed by atoms with Crippen molar-refractivity contribution in [2.45, 2.75) is 19.4 Å². The number of carboxylic acids is 2. The molecule has 0 unspecified atom stereocenters. The van der Waals surface area contributed by atoms with Gasteiger partial charge in [-0.1, -0.05) is 30.3 Å². The molecule has 0 fully saturated rings. The van der Waals surface area contributed by atoms with Gasteiger partial charge < -0.3 is 14.9 Å². The number of hydrogen-bond acceptors (Lipinski definition) is 3. The van der Waals surface area contributed by atoms with Crippen LogP contribution in [0.25, 0.3) is 0 Å². The Hall–Kier alpha value is -1.88. The molecular weight excluding hydrogens is 236 g/mol. The molecule has 0 aromatic heterocycles. The molecule has 0 bridgehead atoms. The van der Waals surface area contributed by atoms with Crippen LogP contribution in [0.5, 0.6) is 0 Å². The first kappa shape index (κ1) is 14.2. The van der Waals surface area contributed by atoms with Crippen LogP contribution >= 0.6 is 0 Å². The summed E-state index contributed by atoms with van der Waals surface area (Å²) in [6.07, 6.45) is -0.0783. The monoisotopic (exact) mass is 252 g/mol. The van der Waals surface area contributed by atoms with Crippen LogP contribution in [0.15, 0.2) is 30.3 Å². The predicted octanol–water partition coefficient (Wildman–Crippen LogP) is 1.77. The Labute approximate surface area is 105 Å². The Kier molecular flexibility index (Phi) is 5.87. The van der Waals surface area contributed by atoms with Crippen LogP contribution in [0.1, 0.15) is 18.4 Å². The van der Waals surface area contributed by atoms with Gasteiger partial charge in [-0.25, -0.2) is 0 Å². The predicted molar refractivity (Wildman–Crippen MR) is 64.1 cm³/mol. The molecule has 98 valence electrons. The number of carbonyl (C=O) groups is 2. The van der Waals surface area contributed by atoms with Gasteiger partial charge in [0.2, 0.25) is 0 Å². The lowest BCUT2D eigenvalue weighted by Crippen LogP contribution is -2.20. The normalized spacial score (nSPS) is 12.0. The van der Waals surface area contributed by atoms with E-state index in [1.165, 1.54) is 0 Å². The lowest BCUT2D eigenvalue weighted by molar-refractivity contribution is -0.145. The zero-order valence-corrected chi connectivity index (χ0v) is 9.91. The number of aliphatic carboxylic acids is 2. The molecule has 0 radical (unpaired) electrons. The van der Waals surface area contributed by atoms with E-state index in [0.717, 1.165) is 5.56 Å². The van der Waals surface area contributed by atoms with Crippen molar-refractivity contribution in [2.75, 3.05) is 6.61 Å². The molecule has 2 N–H and O–H groups in total. The van der Waals surface area contributed by atoms with Crippen molar-refractivity contribution in [3.8, 4) is 0 Å². The zero-order valence-electron chi connectivity index (χ0n) is 9.91. The van der Waals surface area contributed by atoms with Gasteiger partial charge in [0.25, 0.3) is 0 Å². The van der Waals surface area contributed by atoms with E-state index in [4.69, 9.17) is 14.9 Å². The summed E-state index contributed by atoms with van der Waals surface area (Å²) in [5.41, 5.74) is 0.958. The average molecular weight is 252 g/mol. The molecule has 1 atom stereocenters. The van der Waals surface area contributed by atoms with Crippen molar-refractivity contribution in [3.05, 3.63) is 35.9 Å². The summed E-state index contributed by atoms with van der Waals surface area (Å²) in [4.78, 5) is 21.3. The fraction of sp³-hybridized carbons (Fsp3) is 0.385. The number of ether oxygens (including phenoxy) is 1. The SMILES string of the molecule is O=C(O)CC[C@@H](COCc1ccccc1)C(=O)O. The quantitative estimate of drug-likeness (QED) is 0.736. The minimum absolute atomic E-state index is 0.0253. The van der Waals surface area contributed by atoms with Gasteiger partial charge in [0.05, 0.1) is 19.1 Å². The third kappa shape index (κ3) is 5.45. The van der Waals surface area contributed by atoms with Gasteiger partial charge in [-0.15, -0.1) is 0 Å². The summed E-state index contributed by atoms with van der Waals surface area (Å²) in [7, 11) is 0. The lowest BCUT2D eigenvalue weighted by atomic mass is 10.1. The Morgan fingerprint density at radius 1 is 1.17 bits per heavy atom. The first-order chi connectivity index (χ1) is 8.59. The molecule has 1 rings (SSSR count). The standard InChI is InChI=1S/C13H16O5/c14-12(15)7-6-11(13(16)17)9-18-8-10-4-2-1-3-5-10/h1-5,11H,6-9H2,(H,14,15)(H,16,17)/t11-/m0/s1. The molecule has 0 aliphatic heterocycles. The smallest absolute Gasteiger partial charge is 0.308 e. The molecule has 0 aliphatic carbocycles. The largest absolute Gasteiger partial charge is 0.481 e. The summed E-state index contributed by atoms with van der Waals surface area (Å²) in [5.74, 6) is -2.79. The third-order valence-electron chi connectivity index (χ3n) is 2.49. The summed E-state index contributed by atoms with van der Waals surface area (Å²) in [5, 5.41) is 17.4. The number of rotatable bonds is 8. The first-order valence-electron chi connectivity index (χ1n) is 5.66. The van der Waals surface area contributed by atoms with Crippen molar-refractivity contribution in [3.63, 3.8) is 0 Å². The van der Waals surface area contributed by atoms with E-state index in [0.29, 0.717) is 6.61 Å². The van der Waals surface area contributed by atoms with E-state index in [1.54, 1.807) is 0 Å². The summed E-state index contributed by atoms with van der Waals surface area (Å²) < 4.78 is 5.30. The third-order valence-corrected chi connectivity index (χ3v) is 2.49. The van der Waals surface area contributed by atoms with Crippen LogP contribution in [0.4, 0.5) is 0 Å². The van der Waals surface area contributed by atoms with Gasteiger partial charge in [0.15, 0.2) is 0 Å². The minimum atomic E-state index is -1.02. The second-order valence-electron chi connectivity index (χ2n) is 3.97. The molecule has 0 aliphatic rings. The fourth-order valence-corrected chi connectivity index (χ4v) is 1.47. The van der Waals surface area contributed by atoms with Crippen molar-refractivity contribution < 1.29 is 24.5 Å². The van der Waals surface area contributed by atoms with Crippen LogP contribution in [-0.2, 0) is 20.9 Å². The molecule has 0 spiro atoms. The van der Waals surface area contributed by atoms with Crippen LogP contribution < -0.4 is 0 Å². The number of hydrogen-bond donors (Lipinski definition) is 2. The maximum atomic E-state index is 10.9. The maximum Gasteiger partial charge on any atom is 0.308 e. The van der Waals surface area contributed by atoms with Crippen LogP contribution in [0, 0.1) is 5.92 Å². The molecule has 0 saturated carbocycles. The van der Waals surface area contributed by atoms with Gasteiger partial charge in [-0.3, -0.25) is 9.59 Å².